The summed E-state index contributed by atoms with van der Waals surface area (Å²) in [6.07, 6.45) is 5.93. The average Bonchev–Trinajstić information content (AvgIpc) is 2.88. The predicted molar refractivity (Wildman–Crippen MR) is 115 cm³/mol. The van der Waals surface area contributed by atoms with Gasteiger partial charge in [-0.2, -0.15) is 0 Å². The first-order valence-electron chi connectivity index (χ1n) is 10.9. The van der Waals surface area contributed by atoms with Gasteiger partial charge in [-0.05, 0) is 43.9 Å². The summed E-state index contributed by atoms with van der Waals surface area (Å²) in [5.74, 6) is 1.22. The van der Waals surface area contributed by atoms with Crippen LogP contribution in [0.3, 0.4) is 0 Å². The number of methoxy groups -OCH3 is 1. The summed E-state index contributed by atoms with van der Waals surface area (Å²) in [6, 6.07) is 5.37. The number of rotatable bonds is 4. The van der Waals surface area contributed by atoms with Crippen molar-refractivity contribution < 1.29 is 19.0 Å². The molecule has 7 nitrogen and oxygen atoms in total. The van der Waals surface area contributed by atoms with Gasteiger partial charge in [-0.25, -0.2) is 0 Å². The number of benzene rings is 1. The predicted octanol–water partition coefficient (Wildman–Crippen LogP) is 3.12. The van der Waals surface area contributed by atoms with Gasteiger partial charge in [-0.15, -0.1) is 0 Å². The molecule has 162 valence electrons. The molecule has 0 bridgehead atoms. The van der Waals surface area contributed by atoms with Crippen molar-refractivity contribution in [1.29, 1.82) is 0 Å². The monoisotopic (exact) mass is 414 g/mol. The number of hydrogen-bond acceptors (Lipinski definition) is 5. The number of ether oxygens (including phenoxy) is 3. The van der Waals surface area contributed by atoms with E-state index in [9.17, 15) is 9.59 Å². The highest BCUT2D eigenvalue weighted by molar-refractivity contribution is 5.99. The fourth-order valence-electron chi connectivity index (χ4n) is 4.60. The Balaban J connectivity index is 1.74. The van der Waals surface area contributed by atoms with Gasteiger partial charge in [0.2, 0.25) is 0 Å². The van der Waals surface area contributed by atoms with Gasteiger partial charge in [0.1, 0.15) is 12.2 Å². The third kappa shape index (κ3) is 4.03. The molecule has 1 aromatic heterocycles. The molecule has 1 aliphatic carbocycles. The van der Waals surface area contributed by atoms with Gasteiger partial charge in [0.15, 0.2) is 11.5 Å². The van der Waals surface area contributed by atoms with Gasteiger partial charge in [-0.3, -0.25) is 9.59 Å². The number of nitrogens with one attached hydrogen (secondary N) is 1. The molecule has 30 heavy (non-hydrogen) atoms. The molecule has 2 heterocycles. The molecule has 1 atom stereocenters. The second kappa shape index (κ2) is 9.08. The number of amides is 1. The van der Waals surface area contributed by atoms with E-state index in [0.717, 1.165) is 18.2 Å². The fourth-order valence-corrected chi connectivity index (χ4v) is 4.60. The molecular weight excluding hydrogens is 384 g/mol. The lowest BCUT2D eigenvalue weighted by Crippen LogP contribution is -2.41. The summed E-state index contributed by atoms with van der Waals surface area (Å²) in [5.41, 5.74) is 0.460. The molecule has 0 spiro atoms. The van der Waals surface area contributed by atoms with E-state index in [4.69, 9.17) is 14.2 Å². The summed E-state index contributed by atoms with van der Waals surface area (Å²) in [6.45, 7) is 3.55. The Morgan fingerprint density at radius 1 is 1.20 bits per heavy atom. The van der Waals surface area contributed by atoms with Crippen molar-refractivity contribution in [2.75, 3.05) is 26.9 Å². The third-order valence-corrected chi connectivity index (χ3v) is 6.29. The van der Waals surface area contributed by atoms with Crippen molar-refractivity contribution in [3.8, 4) is 11.5 Å². The van der Waals surface area contributed by atoms with Crippen LogP contribution in [0.4, 0.5) is 0 Å². The highest BCUT2D eigenvalue weighted by Crippen LogP contribution is 2.35. The molecule has 2 aromatic rings. The van der Waals surface area contributed by atoms with Crippen LogP contribution in [0.25, 0.3) is 10.9 Å². The smallest absolute Gasteiger partial charge is 0.264 e. The maximum atomic E-state index is 13.3. The van der Waals surface area contributed by atoms with E-state index in [1.165, 1.54) is 19.3 Å². The molecule has 1 saturated carbocycles. The van der Waals surface area contributed by atoms with Crippen molar-refractivity contribution in [1.82, 2.24) is 9.88 Å². The second-order valence-electron chi connectivity index (χ2n) is 8.17. The van der Waals surface area contributed by atoms with Crippen LogP contribution >= 0.6 is 0 Å². The van der Waals surface area contributed by atoms with Crippen LogP contribution in [0.2, 0.25) is 0 Å². The van der Waals surface area contributed by atoms with Gasteiger partial charge >= 0.3 is 0 Å². The molecule has 1 N–H and O–H groups in total. The van der Waals surface area contributed by atoms with Crippen molar-refractivity contribution in [2.45, 2.75) is 51.6 Å². The first kappa shape index (κ1) is 20.7. The number of hydrogen-bond donors (Lipinski definition) is 1. The van der Waals surface area contributed by atoms with Gasteiger partial charge in [0.05, 0.1) is 25.8 Å². The maximum absolute atomic E-state index is 13.3. The van der Waals surface area contributed by atoms with E-state index in [1.54, 1.807) is 23.8 Å². The van der Waals surface area contributed by atoms with Crippen LogP contribution in [0, 0.1) is 5.92 Å². The van der Waals surface area contributed by atoms with E-state index in [1.807, 2.05) is 13.0 Å². The molecule has 0 saturated heterocycles. The van der Waals surface area contributed by atoms with E-state index in [0.29, 0.717) is 49.3 Å². The van der Waals surface area contributed by atoms with Gasteiger partial charge in [0.25, 0.3) is 11.5 Å². The van der Waals surface area contributed by atoms with Crippen LogP contribution in [0.15, 0.2) is 23.0 Å². The molecule has 4 rings (SSSR count). The SMILES string of the molecule is COc1ccc2cc(C(=O)NC(C)C3CCCCC3)c(=O)n3c2c1OCCOCC3. The Labute approximate surface area is 176 Å². The normalized spacial score (nSPS) is 18.6. The molecular formula is C23H30N2O5. The summed E-state index contributed by atoms with van der Waals surface area (Å²) in [5, 5.41) is 3.85. The van der Waals surface area contributed by atoms with Gasteiger partial charge in [0, 0.05) is 18.0 Å². The molecule has 0 radical (unpaired) electrons. The Morgan fingerprint density at radius 2 is 2.00 bits per heavy atom. The summed E-state index contributed by atoms with van der Waals surface area (Å²) < 4.78 is 18.5. The lowest BCUT2D eigenvalue weighted by Gasteiger charge is -2.28. The number of nitrogens with zero attached hydrogens (tertiary/aromatic N) is 1. The Kier molecular flexibility index (Phi) is 6.27. The van der Waals surface area contributed by atoms with Crippen molar-refractivity contribution in [2.24, 2.45) is 5.92 Å². The number of aromatic nitrogens is 1. The topological polar surface area (TPSA) is 78.8 Å². The molecule has 1 unspecified atom stereocenters. The molecule has 1 fully saturated rings. The molecule has 2 aliphatic rings. The van der Waals surface area contributed by atoms with Gasteiger partial charge in [-0.1, -0.05) is 19.3 Å². The second-order valence-corrected chi connectivity index (χ2v) is 8.17. The van der Waals surface area contributed by atoms with Crippen LogP contribution < -0.4 is 20.3 Å². The lowest BCUT2D eigenvalue weighted by molar-refractivity contribution is 0.0914. The highest BCUT2D eigenvalue weighted by atomic mass is 16.5. The summed E-state index contributed by atoms with van der Waals surface area (Å²) >= 11 is 0. The van der Waals surface area contributed by atoms with Crippen molar-refractivity contribution in [3.63, 3.8) is 0 Å². The third-order valence-electron chi connectivity index (χ3n) is 6.29. The standard InChI is InChI=1S/C23H30N2O5/c1-15(16-6-4-3-5-7-16)24-22(26)18-14-17-8-9-19(28-2)21-20(17)25(23(18)27)10-11-29-12-13-30-21/h8-9,14-16H,3-7,10-13H2,1-2H3,(H,24,26). The summed E-state index contributed by atoms with van der Waals surface area (Å²) in [4.78, 5) is 26.4. The zero-order valence-electron chi connectivity index (χ0n) is 17.7. The largest absolute Gasteiger partial charge is 0.493 e. The van der Waals surface area contributed by atoms with E-state index < -0.39 is 0 Å². The molecule has 1 amide bonds. The quantitative estimate of drug-likeness (QED) is 0.832. The van der Waals surface area contributed by atoms with Gasteiger partial charge < -0.3 is 24.1 Å². The minimum Gasteiger partial charge on any atom is -0.493 e. The van der Waals surface area contributed by atoms with Crippen LogP contribution in [0.5, 0.6) is 11.5 Å². The molecule has 1 aromatic carbocycles. The van der Waals surface area contributed by atoms with Crippen LogP contribution in [-0.2, 0) is 11.3 Å². The summed E-state index contributed by atoms with van der Waals surface area (Å²) in [7, 11) is 1.57. The molecule has 1 aliphatic heterocycles. The fraction of sp³-hybridized carbons (Fsp3) is 0.565. The van der Waals surface area contributed by atoms with Crippen molar-refractivity contribution >= 4 is 16.8 Å². The van der Waals surface area contributed by atoms with Crippen LogP contribution in [0.1, 0.15) is 49.4 Å². The van der Waals surface area contributed by atoms with Crippen LogP contribution in [-0.4, -0.2) is 43.4 Å². The highest BCUT2D eigenvalue weighted by Gasteiger charge is 2.25. The molecule has 7 heteroatoms. The van der Waals surface area contributed by atoms with E-state index in [-0.39, 0.29) is 23.1 Å². The van der Waals surface area contributed by atoms with E-state index in [2.05, 4.69) is 5.32 Å². The van der Waals surface area contributed by atoms with E-state index >= 15 is 0 Å². The average molecular weight is 415 g/mol. The minimum atomic E-state index is -0.334. The Bertz CT molecular complexity index is 978. The first-order chi connectivity index (χ1) is 14.6. The maximum Gasteiger partial charge on any atom is 0.264 e. The van der Waals surface area contributed by atoms with Crippen molar-refractivity contribution in [3.05, 3.63) is 34.1 Å². The number of carbonyl (C=O) groups excluding carboxylic acids is 1. The zero-order chi connectivity index (χ0) is 21.1. The Hall–Kier alpha value is -2.54. The number of carbonyl (C=O) groups is 1. The number of pyridine rings is 1. The first-order valence-corrected chi connectivity index (χ1v) is 10.9. The Morgan fingerprint density at radius 3 is 2.77 bits per heavy atom. The minimum absolute atomic E-state index is 0.0431. The zero-order valence-corrected chi connectivity index (χ0v) is 17.7. The lowest BCUT2D eigenvalue weighted by atomic mass is 9.84.